The van der Waals surface area contributed by atoms with E-state index in [9.17, 15) is 9.59 Å². The number of nitrogens with one attached hydrogen (secondary N) is 1. The standard InChI is InChI=1S/C20H20N2O3/c1-22(2)20(24)16-12-10-15(11-13-16)7-6-14-21-19(23)17-8-4-5-9-18(17)25-3/h4-5,8-13H,14H2,1-3H3,(H,21,23). The molecule has 2 amide bonds. The number of hydrogen-bond donors (Lipinski definition) is 1. The lowest BCUT2D eigenvalue weighted by atomic mass is 10.1. The van der Waals surface area contributed by atoms with Crippen molar-refractivity contribution in [3.63, 3.8) is 0 Å². The summed E-state index contributed by atoms with van der Waals surface area (Å²) in [4.78, 5) is 25.5. The molecule has 0 atom stereocenters. The molecule has 0 saturated heterocycles. The van der Waals surface area contributed by atoms with Crippen molar-refractivity contribution in [1.29, 1.82) is 0 Å². The Hall–Kier alpha value is -3.26. The Bertz CT molecular complexity index is 815. The number of methoxy groups -OCH3 is 1. The summed E-state index contributed by atoms with van der Waals surface area (Å²) >= 11 is 0. The fraction of sp³-hybridized carbons (Fsp3) is 0.200. The number of para-hydroxylation sites is 1. The van der Waals surface area contributed by atoms with E-state index in [-0.39, 0.29) is 18.4 Å². The van der Waals surface area contributed by atoms with Crippen molar-refractivity contribution in [2.24, 2.45) is 0 Å². The smallest absolute Gasteiger partial charge is 0.255 e. The molecule has 0 unspecified atom stereocenters. The number of ether oxygens (including phenoxy) is 1. The number of nitrogens with zero attached hydrogens (tertiary/aromatic N) is 1. The maximum absolute atomic E-state index is 12.1. The minimum absolute atomic E-state index is 0.0522. The summed E-state index contributed by atoms with van der Waals surface area (Å²) in [6, 6.07) is 14.1. The Kier molecular flexibility index (Phi) is 6.19. The Morgan fingerprint density at radius 2 is 1.76 bits per heavy atom. The van der Waals surface area contributed by atoms with Gasteiger partial charge in [-0.2, -0.15) is 0 Å². The molecule has 128 valence electrons. The maximum atomic E-state index is 12.1. The highest BCUT2D eigenvalue weighted by atomic mass is 16.5. The third kappa shape index (κ3) is 4.85. The van der Waals surface area contributed by atoms with E-state index in [1.165, 1.54) is 12.0 Å². The van der Waals surface area contributed by atoms with Crippen LogP contribution < -0.4 is 10.1 Å². The highest BCUT2D eigenvalue weighted by Crippen LogP contribution is 2.16. The van der Waals surface area contributed by atoms with Gasteiger partial charge in [-0.25, -0.2) is 0 Å². The maximum Gasteiger partial charge on any atom is 0.255 e. The van der Waals surface area contributed by atoms with Gasteiger partial charge in [-0.1, -0.05) is 24.0 Å². The highest BCUT2D eigenvalue weighted by molar-refractivity contribution is 5.97. The van der Waals surface area contributed by atoms with Gasteiger partial charge in [0.25, 0.3) is 11.8 Å². The quantitative estimate of drug-likeness (QED) is 0.871. The Morgan fingerprint density at radius 1 is 1.08 bits per heavy atom. The first-order valence-corrected chi connectivity index (χ1v) is 7.74. The summed E-state index contributed by atoms with van der Waals surface area (Å²) in [6.07, 6.45) is 0. The zero-order valence-electron chi connectivity index (χ0n) is 14.5. The lowest BCUT2D eigenvalue weighted by Crippen LogP contribution is -2.24. The van der Waals surface area contributed by atoms with Gasteiger partial charge in [0.05, 0.1) is 19.2 Å². The topological polar surface area (TPSA) is 58.6 Å². The van der Waals surface area contributed by atoms with Crippen molar-refractivity contribution in [2.75, 3.05) is 27.7 Å². The number of hydrogen-bond acceptors (Lipinski definition) is 3. The first kappa shape index (κ1) is 18.1. The molecular formula is C20H20N2O3. The average molecular weight is 336 g/mol. The fourth-order valence-electron chi connectivity index (χ4n) is 2.15. The van der Waals surface area contributed by atoms with Crippen LogP contribution in [0.25, 0.3) is 0 Å². The van der Waals surface area contributed by atoms with Crippen LogP contribution in [0.5, 0.6) is 5.75 Å². The molecule has 5 heteroatoms. The molecule has 0 aliphatic rings. The van der Waals surface area contributed by atoms with E-state index >= 15 is 0 Å². The molecule has 1 N–H and O–H groups in total. The Morgan fingerprint density at radius 3 is 2.40 bits per heavy atom. The first-order valence-electron chi connectivity index (χ1n) is 7.74. The van der Waals surface area contributed by atoms with Gasteiger partial charge < -0.3 is 15.0 Å². The molecule has 0 spiro atoms. The van der Waals surface area contributed by atoms with Crippen molar-refractivity contribution in [3.05, 3.63) is 65.2 Å². The molecule has 0 aliphatic heterocycles. The van der Waals surface area contributed by atoms with E-state index in [1.807, 2.05) is 0 Å². The van der Waals surface area contributed by atoms with Gasteiger partial charge in [-0.3, -0.25) is 9.59 Å². The van der Waals surface area contributed by atoms with Gasteiger partial charge in [-0.05, 0) is 36.4 Å². The summed E-state index contributed by atoms with van der Waals surface area (Å²) in [5, 5.41) is 2.74. The lowest BCUT2D eigenvalue weighted by molar-refractivity contribution is 0.0827. The van der Waals surface area contributed by atoms with Crippen molar-refractivity contribution >= 4 is 11.8 Å². The van der Waals surface area contributed by atoms with E-state index in [1.54, 1.807) is 62.6 Å². The number of carbonyl (C=O) groups is 2. The third-order valence-corrected chi connectivity index (χ3v) is 3.46. The number of benzene rings is 2. The van der Waals surface area contributed by atoms with Crippen LogP contribution in [0.15, 0.2) is 48.5 Å². The predicted octanol–water partition coefficient (Wildman–Crippen LogP) is 2.18. The van der Waals surface area contributed by atoms with E-state index in [0.717, 1.165) is 5.56 Å². The molecule has 0 radical (unpaired) electrons. The second kappa shape index (κ2) is 8.55. The van der Waals surface area contributed by atoms with Crippen LogP contribution in [0.1, 0.15) is 26.3 Å². The van der Waals surface area contributed by atoms with Gasteiger partial charge in [0, 0.05) is 25.2 Å². The third-order valence-electron chi connectivity index (χ3n) is 3.46. The van der Waals surface area contributed by atoms with Crippen LogP contribution in [0.3, 0.4) is 0 Å². The van der Waals surface area contributed by atoms with Crippen molar-refractivity contribution in [2.45, 2.75) is 0 Å². The predicted molar refractivity (Wildman–Crippen MR) is 96.7 cm³/mol. The molecule has 25 heavy (non-hydrogen) atoms. The van der Waals surface area contributed by atoms with Crippen molar-refractivity contribution in [1.82, 2.24) is 10.2 Å². The summed E-state index contributed by atoms with van der Waals surface area (Å²) in [7, 11) is 4.94. The van der Waals surface area contributed by atoms with Gasteiger partial charge in [0.15, 0.2) is 0 Å². The van der Waals surface area contributed by atoms with E-state index in [2.05, 4.69) is 17.2 Å². The monoisotopic (exact) mass is 336 g/mol. The summed E-state index contributed by atoms with van der Waals surface area (Å²) in [5.41, 5.74) is 1.86. The minimum atomic E-state index is -0.237. The minimum Gasteiger partial charge on any atom is -0.496 e. The van der Waals surface area contributed by atoms with Crippen LogP contribution in [0, 0.1) is 11.8 Å². The molecule has 0 heterocycles. The van der Waals surface area contributed by atoms with Gasteiger partial charge in [0.2, 0.25) is 0 Å². The molecule has 0 fully saturated rings. The number of rotatable bonds is 4. The SMILES string of the molecule is COc1ccccc1C(=O)NCC#Cc1ccc(C(=O)N(C)C)cc1. The lowest BCUT2D eigenvalue weighted by Gasteiger charge is -2.09. The highest BCUT2D eigenvalue weighted by Gasteiger charge is 2.09. The van der Waals surface area contributed by atoms with E-state index in [4.69, 9.17) is 4.74 Å². The number of amides is 2. The average Bonchev–Trinajstić information content (AvgIpc) is 2.64. The van der Waals surface area contributed by atoms with Crippen LogP contribution in [0.4, 0.5) is 0 Å². The molecule has 0 aliphatic carbocycles. The first-order chi connectivity index (χ1) is 12.0. The normalized spacial score (nSPS) is 9.56. The fourth-order valence-corrected chi connectivity index (χ4v) is 2.15. The zero-order chi connectivity index (χ0) is 18.2. The van der Waals surface area contributed by atoms with Gasteiger partial charge in [-0.15, -0.1) is 0 Å². The van der Waals surface area contributed by atoms with E-state index < -0.39 is 0 Å². The molecule has 0 saturated carbocycles. The Labute approximate surface area is 147 Å². The van der Waals surface area contributed by atoms with Crippen LogP contribution in [-0.4, -0.2) is 44.5 Å². The second-order valence-corrected chi connectivity index (χ2v) is 5.46. The zero-order valence-corrected chi connectivity index (χ0v) is 14.5. The molecule has 0 aromatic heterocycles. The van der Waals surface area contributed by atoms with Crippen molar-refractivity contribution < 1.29 is 14.3 Å². The summed E-state index contributed by atoms with van der Waals surface area (Å²) in [6.45, 7) is 0.218. The largest absolute Gasteiger partial charge is 0.496 e. The molecule has 2 rings (SSSR count). The molecular weight excluding hydrogens is 316 g/mol. The van der Waals surface area contributed by atoms with E-state index in [0.29, 0.717) is 16.9 Å². The van der Waals surface area contributed by atoms with Gasteiger partial charge >= 0.3 is 0 Å². The summed E-state index contributed by atoms with van der Waals surface area (Å²) < 4.78 is 5.16. The van der Waals surface area contributed by atoms with Gasteiger partial charge in [0.1, 0.15) is 5.75 Å². The second-order valence-electron chi connectivity index (χ2n) is 5.46. The van der Waals surface area contributed by atoms with Crippen molar-refractivity contribution in [3.8, 4) is 17.6 Å². The molecule has 2 aromatic carbocycles. The number of carbonyl (C=O) groups excluding carboxylic acids is 2. The van der Waals surface area contributed by atoms with Crippen LogP contribution >= 0.6 is 0 Å². The molecule has 0 bridgehead atoms. The Balaban J connectivity index is 1.94. The molecule has 5 nitrogen and oxygen atoms in total. The van der Waals surface area contributed by atoms with Crippen LogP contribution in [-0.2, 0) is 0 Å². The summed E-state index contributed by atoms with van der Waals surface area (Å²) in [5.74, 6) is 6.08. The van der Waals surface area contributed by atoms with Crippen LogP contribution in [0.2, 0.25) is 0 Å². The molecule has 2 aromatic rings.